The molecule has 0 bridgehead atoms. The number of hydrogen-bond acceptors (Lipinski definition) is 6. The Labute approximate surface area is 191 Å². The van der Waals surface area contributed by atoms with Crippen LogP contribution in [0.5, 0.6) is 0 Å². The summed E-state index contributed by atoms with van der Waals surface area (Å²) >= 11 is 0. The number of benzene rings is 1. The molecule has 2 N–H and O–H groups in total. The molecule has 3 aromatic rings. The van der Waals surface area contributed by atoms with Gasteiger partial charge in [0.1, 0.15) is 11.3 Å². The highest BCUT2D eigenvalue weighted by Crippen LogP contribution is 2.25. The number of carboxylic acid groups (broad SMARTS) is 1. The summed E-state index contributed by atoms with van der Waals surface area (Å²) in [7, 11) is 0. The number of aromatic nitrogens is 2. The van der Waals surface area contributed by atoms with Crippen molar-refractivity contribution in [1.29, 1.82) is 0 Å². The molecule has 33 heavy (non-hydrogen) atoms. The maximum Gasteiger partial charge on any atom is 0.320 e. The highest BCUT2D eigenvalue weighted by atomic mass is 16.4. The number of aryl methyl sites for hydroxylation is 2. The second kappa shape index (κ2) is 9.09. The number of urea groups is 1. The monoisotopic (exact) mass is 449 g/mol. The van der Waals surface area contributed by atoms with Crippen molar-refractivity contribution in [2.24, 2.45) is 0 Å². The first-order chi connectivity index (χ1) is 16.1. The Bertz CT molecular complexity index is 1140. The highest BCUT2D eigenvalue weighted by Gasteiger charge is 2.35. The van der Waals surface area contributed by atoms with Gasteiger partial charge in [-0.3, -0.25) is 4.79 Å². The van der Waals surface area contributed by atoms with Crippen LogP contribution < -0.4 is 5.32 Å². The van der Waals surface area contributed by atoms with E-state index in [4.69, 9.17) is 9.40 Å². The number of anilines is 1. The van der Waals surface area contributed by atoms with Crippen molar-refractivity contribution in [3.05, 3.63) is 53.5 Å². The van der Waals surface area contributed by atoms with Crippen LogP contribution >= 0.6 is 0 Å². The van der Waals surface area contributed by atoms with E-state index >= 15 is 0 Å². The fraction of sp³-hybridized carbons (Fsp3) is 0.417. The van der Waals surface area contributed by atoms with Gasteiger partial charge in [-0.25, -0.2) is 14.8 Å². The molecule has 1 saturated heterocycles. The average Bonchev–Trinajstić information content (AvgIpc) is 3.40. The number of aliphatic carboxylic acids is 1. The van der Waals surface area contributed by atoms with Crippen molar-refractivity contribution >= 4 is 28.9 Å². The molecule has 0 aliphatic carbocycles. The fourth-order valence-corrected chi connectivity index (χ4v) is 4.49. The predicted molar refractivity (Wildman–Crippen MR) is 122 cm³/mol. The number of hydrogen-bond donors (Lipinski definition) is 2. The van der Waals surface area contributed by atoms with Crippen molar-refractivity contribution in [3.63, 3.8) is 0 Å². The topological polar surface area (TPSA) is 112 Å². The molecule has 2 aliphatic heterocycles. The summed E-state index contributed by atoms with van der Waals surface area (Å²) in [6, 6.07) is 11.2. The maximum absolute atomic E-state index is 12.9. The SMILES string of the molecule is O=C(O)[C@H](CN1CCN(CCCc2ccc3c(n2)NCCC3)C1=O)c1nc2ccccc2o1. The number of pyridine rings is 1. The van der Waals surface area contributed by atoms with Gasteiger partial charge in [0.15, 0.2) is 11.5 Å². The summed E-state index contributed by atoms with van der Waals surface area (Å²) in [5.74, 6) is -0.948. The lowest BCUT2D eigenvalue weighted by molar-refractivity contribution is -0.139. The van der Waals surface area contributed by atoms with Crippen LogP contribution in [-0.2, 0) is 17.6 Å². The number of fused-ring (bicyclic) bond motifs is 2. The lowest BCUT2D eigenvalue weighted by Gasteiger charge is -2.21. The van der Waals surface area contributed by atoms with E-state index in [1.165, 1.54) is 5.56 Å². The second-order valence-corrected chi connectivity index (χ2v) is 8.57. The summed E-state index contributed by atoms with van der Waals surface area (Å²) in [5, 5.41) is 13.1. The van der Waals surface area contributed by atoms with E-state index in [-0.39, 0.29) is 18.5 Å². The van der Waals surface area contributed by atoms with Crippen molar-refractivity contribution in [2.75, 3.05) is 38.0 Å². The van der Waals surface area contributed by atoms with Crippen LogP contribution in [0, 0.1) is 0 Å². The Balaban J connectivity index is 1.17. The van der Waals surface area contributed by atoms with Gasteiger partial charge in [-0.15, -0.1) is 0 Å². The van der Waals surface area contributed by atoms with Gasteiger partial charge in [-0.2, -0.15) is 0 Å². The molecular weight excluding hydrogens is 422 g/mol. The number of carbonyl (C=O) groups excluding carboxylic acids is 1. The van der Waals surface area contributed by atoms with Gasteiger partial charge in [0.2, 0.25) is 5.89 Å². The summed E-state index contributed by atoms with van der Waals surface area (Å²) in [6.45, 7) is 2.68. The standard InChI is InChI=1S/C24H27N5O4/c30-23(31)18(22-27-19-7-1-2-8-20(19)33-22)15-29-14-13-28(24(29)32)12-4-6-17-10-9-16-5-3-11-25-21(16)26-17/h1-2,7-10,18H,3-6,11-15H2,(H,25,26)(H,30,31)/t18-/m1/s1. The molecule has 172 valence electrons. The molecule has 5 rings (SSSR count). The molecule has 0 spiro atoms. The molecular formula is C24H27N5O4. The second-order valence-electron chi connectivity index (χ2n) is 8.57. The molecule has 1 aromatic carbocycles. The van der Waals surface area contributed by atoms with Gasteiger partial charge in [-0.05, 0) is 49.4 Å². The molecule has 9 heteroatoms. The zero-order valence-corrected chi connectivity index (χ0v) is 18.4. The Morgan fingerprint density at radius 3 is 2.85 bits per heavy atom. The molecule has 4 heterocycles. The van der Waals surface area contributed by atoms with Crippen LogP contribution in [0.15, 0.2) is 40.8 Å². The Kier molecular flexibility index (Phi) is 5.85. The van der Waals surface area contributed by atoms with Crippen molar-refractivity contribution in [3.8, 4) is 0 Å². The molecule has 1 fully saturated rings. The van der Waals surface area contributed by atoms with Crippen molar-refractivity contribution < 1.29 is 19.1 Å². The number of nitrogens with one attached hydrogen (secondary N) is 1. The summed E-state index contributed by atoms with van der Waals surface area (Å²) in [4.78, 5) is 37.2. The van der Waals surface area contributed by atoms with E-state index in [1.54, 1.807) is 21.9 Å². The first-order valence-corrected chi connectivity index (χ1v) is 11.4. The Hall–Kier alpha value is -3.62. The molecule has 2 aliphatic rings. The van der Waals surface area contributed by atoms with Crippen LogP contribution in [0.2, 0.25) is 0 Å². The van der Waals surface area contributed by atoms with E-state index in [2.05, 4.69) is 22.4 Å². The average molecular weight is 450 g/mol. The third kappa shape index (κ3) is 4.48. The summed E-state index contributed by atoms with van der Waals surface area (Å²) in [6.07, 6.45) is 3.80. The van der Waals surface area contributed by atoms with Gasteiger partial charge in [0, 0.05) is 38.4 Å². The normalized spacial score (nSPS) is 16.7. The quantitative estimate of drug-likeness (QED) is 0.543. The van der Waals surface area contributed by atoms with Crippen LogP contribution in [0.25, 0.3) is 11.1 Å². The molecule has 2 amide bonds. The highest BCUT2D eigenvalue weighted by molar-refractivity contribution is 5.80. The molecule has 0 saturated carbocycles. The van der Waals surface area contributed by atoms with Crippen LogP contribution in [0.1, 0.15) is 35.9 Å². The van der Waals surface area contributed by atoms with Gasteiger partial charge < -0.3 is 24.6 Å². The minimum absolute atomic E-state index is 0.0372. The molecule has 9 nitrogen and oxygen atoms in total. The molecule has 2 aromatic heterocycles. The predicted octanol–water partition coefficient (Wildman–Crippen LogP) is 3.12. The molecule has 1 atom stereocenters. The van der Waals surface area contributed by atoms with Crippen molar-refractivity contribution in [1.82, 2.24) is 19.8 Å². The van der Waals surface area contributed by atoms with Gasteiger partial charge in [-0.1, -0.05) is 18.2 Å². The number of carboxylic acids is 1. The summed E-state index contributed by atoms with van der Waals surface area (Å²) < 4.78 is 5.66. The third-order valence-corrected chi connectivity index (χ3v) is 6.30. The van der Waals surface area contributed by atoms with Crippen LogP contribution in [0.4, 0.5) is 10.6 Å². The Morgan fingerprint density at radius 1 is 1.15 bits per heavy atom. The number of amides is 2. The minimum atomic E-state index is -1.06. The van der Waals surface area contributed by atoms with Gasteiger partial charge >= 0.3 is 12.0 Å². The first-order valence-electron chi connectivity index (χ1n) is 11.4. The fourth-order valence-electron chi connectivity index (χ4n) is 4.49. The van der Waals surface area contributed by atoms with Crippen molar-refractivity contribution in [2.45, 2.75) is 31.6 Å². The van der Waals surface area contributed by atoms with E-state index in [0.717, 1.165) is 43.7 Å². The van der Waals surface area contributed by atoms with E-state index in [1.807, 2.05) is 12.1 Å². The maximum atomic E-state index is 12.9. The number of carbonyl (C=O) groups is 2. The number of nitrogens with zero attached hydrogens (tertiary/aromatic N) is 4. The summed E-state index contributed by atoms with van der Waals surface area (Å²) in [5.41, 5.74) is 3.44. The van der Waals surface area contributed by atoms with Crippen LogP contribution in [0.3, 0.4) is 0 Å². The lowest BCUT2D eigenvalue weighted by Crippen LogP contribution is -2.36. The molecule has 0 radical (unpaired) electrons. The minimum Gasteiger partial charge on any atom is -0.481 e. The van der Waals surface area contributed by atoms with Crippen LogP contribution in [-0.4, -0.2) is 69.6 Å². The number of oxazole rings is 1. The molecule has 0 unspecified atom stereocenters. The largest absolute Gasteiger partial charge is 0.481 e. The zero-order valence-electron chi connectivity index (χ0n) is 18.4. The number of rotatable bonds is 8. The van der Waals surface area contributed by atoms with Gasteiger partial charge in [0.05, 0.1) is 0 Å². The smallest absolute Gasteiger partial charge is 0.320 e. The van der Waals surface area contributed by atoms with E-state index in [9.17, 15) is 14.7 Å². The lowest BCUT2D eigenvalue weighted by atomic mass is 10.1. The first kappa shape index (κ1) is 21.2. The third-order valence-electron chi connectivity index (χ3n) is 6.30. The van der Waals surface area contributed by atoms with Gasteiger partial charge in [0.25, 0.3) is 0 Å². The number of para-hydroxylation sites is 2. The Morgan fingerprint density at radius 2 is 2.00 bits per heavy atom. The van der Waals surface area contributed by atoms with E-state index in [0.29, 0.717) is 30.7 Å². The van der Waals surface area contributed by atoms with E-state index < -0.39 is 11.9 Å². The zero-order chi connectivity index (χ0) is 22.8.